The topological polar surface area (TPSA) is 75.6 Å². The van der Waals surface area contributed by atoms with Crippen LogP contribution >= 0.6 is 0 Å². The average molecular weight is 379 g/mol. The molecule has 3 rings (SSSR count). The van der Waals surface area contributed by atoms with Gasteiger partial charge in [0.2, 0.25) is 0 Å². The van der Waals surface area contributed by atoms with E-state index in [9.17, 15) is 14.7 Å². The molecule has 1 atom stereocenters. The SMILES string of the molecule is CCC/C=C/C[C@H](NC(=O)OCC1c2ccccc2-c2ccccc21)C(=O)O. The third kappa shape index (κ3) is 4.42. The van der Waals surface area contributed by atoms with Crippen LogP contribution in [0.3, 0.4) is 0 Å². The normalized spacial score (nSPS) is 13.8. The molecule has 28 heavy (non-hydrogen) atoms. The number of nitrogens with one attached hydrogen (secondary N) is 1. The summed E-state index contributed by atoms with van der Waals surface area (Å²) in [5.74, 6) is -1.12. The van der Waals surface area contributed by atoms with E-state index in [2.05, 4.69) is 17.4 Å². The first-order chi connectivity index (χ1) is 13.6. The van der Waals surface area contributed by atoms with Crippen LogP contribution in [0.4, 0.5) is 4.79 Å². The first-order valence-corrected chi connectivity index (χ1v) is 9.61. The molecule has 5 heteroatoms. The van der Waals surface area contributed by atoms with Crippen molar-refractivity contribution in [2.45, 2.75) is 38.1 Å². The van der Waals surface area contributed by atoms with Crippen molar-refractivity contribution in [3.63, 3.8) is 0 Å². The number of alkyl carbamates (subject to hydrolysis) is 1. The van der Waals surface area contributed by atoms with Gasteiger partial charge in [-0.2, -0.15) is 0 Å². The molecular weight excluding hydrogens is 354 g/mol. The van der Waals surface area contributed by atoms with Crippen molar-refractivity contribution < 1.29 is 19.4 Å². The number of allylic oxidation sites excluding steroid dienone is 1. The molecule has 1 amide bonds. The Labute approximate surface area is 165 Å². The van der Waals surface area contributed by atoms with Crippen molar-refractivity contribution in [1.82, 2.24) is 5.32 Å². The Balaban J connectivity index is 1.63. The van der Waals surface area contributed by atoms with Gasteiger partial charge in [-0.3, -0.25) is 0 Å². The molecule has 0 aromatic heterocycles. The van der Waals surface area contributed by atoms with Crippen molar-refractivity contribution in [1.29, 1.82) is 0 Å². The second-order valence-electron chi connectivity index (χ2n) is 6.86. The number of carbonyl (C=O) groups is 2. The molecule has 2 aromatic rings. The van der Waals surface area contributed by atoms with Crippen LogP contribution in [-0.4, -0.2) is 29.8 Å². The van der Waals surface area contributed by atoms with Crippen LogP contribution in [0.2, 0.25) is 0 Å². The number of rotatable bonds is 8. The number of carbonyl (C=O) groups excluding carboxylic acids is 1. The van der Waals surface area contributed by atoms with Crippen LogP contribution in [0.15, 0.2) is 60.7 Å². The molecule has 0 fully saturated rings. The largest absolute Gasteiger partial charge is 0.480 e. The molecule has 5 nitrogen and oxygen atoms in total. The minimum atomic E-state index is -1.07. The highest BCUT2D eigenvalue weighted by Crippen LogP contribution is 2.44. The maximum Gasteiger partial charge on any atom is 0.407 e. The van der Waals surface area contributed by atoms with Crippen LogP contribution in [0, 0.1) is 0 Å². The predicted octanol–water partition coefficient (Wildman–Crippen LogP) is 4.72. The van der Waals surface area contributed by atoms with Crippen LogP contribution in [0.25, 0.3) is 11.1 Å². The van der Waals surface area contributed by atoms with Crippen molar-refractivity contribution in [2.24, 2.45) is 0 Å². The first-order valence-electron chi connectivity index (χ1n) is 9.61. The molecule has 1 aliphatic carbocycles. The minimum Gasteiger partial charge on any atom is -0.480 e. The third-order valence-electron chi connectivity index (χ3n) is 4.93. The summed E-state index contributed by atoms with van der Waals surface area (Å²) in [7, 11) is 0. The van der Waals surface area contributed by atoms with Crippen molar-refractivity contribution in [2.75, 3.05) is 6.61 Å². The fourth-order valence-electron chi connectivity index (χ4n) is 3.52. The van der Waals surface area contributed by atoms with E-state index in [1.54, 1.807) is 6.08 Å². The molecular formula is C23H25NO4. The Kier molecular flexibility index (Phi) is 6.48. The average Bonchev–Trinajstić information content (AvgIpc) is 3.02. The number of fused-ring (bicyclic) bond motifs is 3. The van der Waals surface area contributed by atoms with Gasteiger partial charge in [0.15, 0.2) is 0 Å². The van der Waals surface area contributed by atoms with Gasteiger partial charge in [0, 0.05) is 5.92 Å². The number of carboxylic acids is 1. The van der Waals surface area contributed by atoms with Gasteiger partial charge in [0.05, 0.1) is 0 Å². The lowest BCUT2D eigenvalue weighted by atomic mass is 9.98. The summed E-state index contributed by atoms with van der Waals surface area (Å²) < 4.78 is 5.41. The Bertz CT molecular complexity index is 829. The number of amides is 1. The highest BCUT2D eigenvalue weighted by atomic mass is 16.5. The van der Waals surface area contributed by atoms with Crippen molar-refractivity contribution in [3.8, 4) is 11.1 Å². The van der Waals surface area contributed by atoms with Gasteiger partial charge in [-0.25, -0.2) is 9.59 Å². The van der Waals surface area contributed by atoms with E-state index in [0.717, 1.165) is 35.1 Å². The first kappa shape index (κ1) is 19.7. The molecule has 0 radical (unpaired) electrons. The van der Waals surface area contributed by atoms with Gasteiger partial charge in [-0.15, -0.1) is 0 Å². The molecule has 146 valence electrons. The lowest BCUT2D eigenvalue weighted by Crippen LogP contribution is -2.41. The van der Waals surface area contributed by atoms with Crippen molar-refractivity contribution >= 4 is 12.1 Å². The summed E-state index contributed by atoms with van der Waals surface area (Å²) in [6.45, 7) is 2.21. The molecule has 0 bridgehead atoms. The smallest absolute Gasteiger partial charge is 0.407 e. The van der Waals surface area contributed by atoms with E-state index in [0.29, 0.717) is 0 Å². The second-order valence-corrected chi connectivity index (χ2v) is 6.86. The zero-order chi connectivity index (χ0) is 19.9. The highest BCUT2D eigenvalue weighted by Gasteiger charge is 2.29. The molecule has 0 heterocycles. The zero-order valence-corrected chi connectivity index (χ0v) is 15.9. The molecule has 0 spiro atoms. The van der Waals surface area contributed by atoms with Crippen LogP contribution in [0.5, 0.6) is 0 Å². The summed E-state index contributed by atoms with van der Waals surface area (Å²) in [6, 6.07) is 15.2. The number of carboxylic acid groups (broad SMARTS) is 1. The van der Waals surface area contributed by atoms with Gasteiger partial charge in [0.25, 0.3) is 0 Å². The van der Waals surface area contributed by atoms with Gasteiger partial charge in [-0.05, 0) is 35.1 Å². The molecule has 0 saturated carbocycles. The number of aliphatic carboxylic acids is 1. The molecule has 0 saturated heterocycles. The molecule has 2 N–H and O–H groups in total. The summed E-state index contributed by atoms with van der Waals surface area (Å²) >= 11 is 0. The van der Waals surface area contributed by atoms with E-state index in [1.807, 2.05) is 49.4 Å². The Morgan fingerprint density at radius 1 is 1.07 bits per heavy atom. The van der Waals surface area contributed by atoms with Gasteiger partial charge >= 0.3 is 12.1 Å². The number of ether oxygens (including phenoxy) is 1. The summed E-state index contributed by atoms with van der Waals surface area (Å²) in [5, 5.41) is 11.8. The number of benzene rings is 2. The quantitative estimate of drug-likeness (QED) is 0.651. The molecule has 2 aromatic carbocycles. The maximum atomic E-state index is 12.2. The zero-order valence-electron chi connectivity index (χ0n) is 15.9. The van der Waals surface area contributed by atoms with E-state index in [4.69, 9.17) is 4.74 Å². The summed E-state index contributed by atoms with van der Waals surface area (Å²) in [5.41, 5.74) is 4.54. The van der Waals surface area contributed by atoms with E-state index in [1.165, 1.54) is 0 Å². The predicted molar refractivity (Wildman–Crippen MR) is 108 cm³/mol. The lowest BCUT2D eigenvalue weighted by Gasteiger charge is -2.16. The fraction of sp³-hybridized carbons (Fsp3) is 0.304. The number of hydrogen-bond donors (Lipinski definition) is 2. The van der Waals surface area contributed by atoms with Crippen LogP contribution in [-0.2, 0) is 9.53 Å². The summed E-state index contributed by atoms with van der Waals surface area (Å²) in [6.07, 6.45) is 5.12. The van der Waals surface area contributed by atoms with E-state index < -0.39 is 18.1 Å². The Hall–Kier alpha value is -3.08. The highest BCUT2D eigenvalue weighted by molar-refractivity contribution is 5.81. The summed E-state index contributed by atoms with van der Waals surface area (Å²) in [4.78, 5) is 23.6. The van der Waals surface area contributed by atoms with Crippen LogP contribution < -0.4 is 5.32 Å². The Morgan fingerprint density at radius 2 is 1.68 bits per heavy atom. The van der Waals surface area contributed by atoms with Gasteiger partial charge in [0.1, 0.15) is 12.6 Å². The standard InChI is InChI=1S/C23H25NO4/c1-2-3-4-5-14-21(22(25)26)24-23(27)28-15-20-18-12-8-6-10-16(18)17-11-7-9-13-19(17)20/h4-13,20-21H,2-3,14-15H2,1H3,(H,24,27)(H,25,26)/b5-4+/t21-/m0/s1. The Morgan fingerprint density at radius 3 is 2.25 bits per heavy atom. The van der Waals surface area contributed by atoms with Gasteiger partial charge in [-0.1, -0.05) is 74.0 Å². The maximum absolute atomic E-state index is 12.2. The van der Waals surface area contributed by atoms with E-state index in [-0.39, 0.29) is 18.9 Å². The van der Waals surface area contributed by atoms with E-state index >= 15 is 0 Å². The fourth-order valence-corrected chi connectivity index (χ4v) is 3.52. The molecule has 0 aliphatic heterocycles. The minimum absolute atomic E-state index is 0.0501. The number of hydrogen-bond acceptors (Lipinski definition) is 3. The van der Waals surface area contributed by atoms with Crippen molar-refractivity contribution in [3.05, 3.63) is 71.8 Å². The van der Waals surface area contributed by atoms with Gasteiger partial charge < -0.3 is 15.2 Å². The second kappa shape index (κ2) is 9.22. The monoisotopic (exact) mass is 379 g/mol. The lowest BCUT2D eigenvalue weighted by molar-refractivity contribution is -0.139. The van der Waals surface area contributed by atoms with Crippen LogP contribution in [0.1, 0.15) is 43.2 Å². The third-order valence-corrected chi connectivity index (χ3v) is 4.93. The molecule has 1 aliphatic rings. The molecule has 0 unspecified atom stereocenters. The number of unbranched alkanes of at least 4 members (excludes halogenated alkanes) is 1.